The predicted octanol–water partition coefficient (Wildman–Crippen LogP) is 3.31. The average molecular weight is 258 g/mol. The largest absolute Gasteiger partial charge is 0.371 e. The molecule has 1 aliphatic heterocycles. The molecule has 2 aliphatic rings. The van der Waals surface area contributed by atoms with Crippen LogP contribution in [0.15, 0.2) is 35.4 Å². The highest BCUT2D eigenvalue weighted by Gasteiger charge is 2.26. The fourth-order valence-electron chi connectivity index (χ4n) is 2.75. The van der Waals surface area contributed by atoms with Gasteiger partial charge in [-0.3, -0.25) is 5.01 Å². The van der Waals surface area contributed by atoms with Crippen molar-refractivity contribution in [2.24, 2.45) is 16.9 Å². The molecule has 3 heteroatoms. The predicted molar refractivity (Wildman–Crippen MR) is 78.5 cm³/mol. The first-order valence-corrected chi connectivity index (χ1v) is 7.31. The van der Waals surface area contributed by atoms with E-state index in [1.165, 1.54) is 19.3 Å². The molecule has 2 fully saturated rings. The van der Waals surface area contributed by atoms with Gasteiger partial charge in [-0.2, -0.15) is 5.10 Å². The lowest BCUT2D eigenvalue weighted by Crippen LogP contribution is -2.23. The maximum atomic E-state index is 5.34. The molecule has 3 rings (SSSR count). The molecule has 1 saturated heterocycles. The Kier molecular flexibility index (Phi) is 3.83. The number of benzene rings is 1. The Bertz CT molecular complexity index is 428. The van der Waals surface area contributed by atoms with Crippen LogP contribution in [0.25, 0.3) is 0 Å². The Morgan fingerprint density at radius 2 is 2.11 bits per heavy atom. The van der Waals surface area contributed by atoms with E-state index in [2.05, 4.69) is 42.4 Å². The molecule has 0 amide bonds. The van der Waals surface area contributed by atoms with Crippen molar-refractivity contribution in [3.8, 4) is 0 Å². The number of ether oxygens (including phenoxy) is 1. The van der Waals surface area contributed by atoms with Gasteiger partial charge >= 0.3 is 0 Å². The van der Waals surface area contributed by atoms with Gasteiger partial charge in [0.25, 0.3) is 0 Å². The molecular formula is C16H22N2O. The van der Waals surface area contributed by atoms with Gasteiger partial charge in [-0.15, -0.1) is 0 Å². The standard InChI is InChI=1S/C16H22N2O/c1-13-6-5-7-14(13)10-17-18(11-16-12-19-16)15-8-3-2-4-9-15/h2-4,8-10,13-14,16H,5-7,11-12H2,1H3/b17-10+. The van der Waals surface area contributed by atoms with E-state index in [4.69, 9.17) is 9.84 Å². The lowest BCUT2D eigenvalue weighted by Gasteiger charge is -2.19. The molecule has 0 N–H and O–H groups in total. The lowest BCUT2D eigenvalue weighted by atomic mass is 10.00. The van der Waals surface area contributed by atoms with Crippen LogP contribution < -0.4 is 5.01 Å². The van der Waals surface area contributed by atoms with Crippen LogP contribution >= 0.6 is 0 Å². The summed E-state index contributed by atoms with van der Waals surface area (Å²) in [5.74, 6) is 1.42. The van der Waals surface area contributed by atoms with Crippen LogP contribution in [0.5, 0.6) is 0 Å². The van der Waals surface area contributed by atoms with Gasteiger partial charge in [0.05, 0.1) is 18.8 Å². The van der Waals surface area contributed by atoms with Gasteiger partial charge in [-0.05, 0) is 30.4 Å². The van der Waals surface area contributed by atoms with Gasteiger partial charge in [0.2, 0.25) is 0 Å². The molecule has 1 aromatic carbocycles. The smallest absolute Gasteiger partial charge is 0.101 e. The highest BCUT2D eigenvalue weighted by molar-refractivity contribution is 5.64. The zero-order valence-corrected chi connectivity index (χ0v) is 11.5. The molecule has 1 aromatic rings. The van der Waals surface area contributed by atoms with Gasteiger partial charge in [-0.1, -0.05) is 38.0 Å². The van der Waals surface area contributed by atoms with Gasteiger partial charge in [0.1, 0.15) is 6.10 Å². The van der Waals surface area contributed by atoms with Crippen LogP contribution in [0.4, 0.5) is 5.69 Å². The molecule has 0 spiro atoms. The van der Waals surface area contributed by atoms with Crippen LogP contribution in [0.1, 0.15) is 26.2 Å². The van der Waals surface area contributed by atoms with Crippen molar-refractivity contribution < 1.29 is 4.74 Å². The van der Waals surface area contributed by atoms with Crippen molar-refractivity contribution in [3.05, 3.63) is 30.3 Å². The fourth-order valence-corrected chi connectivity index (χ4v) is 2.75. The number of hydrogen-bond donors (Lipinski definition) is 0. The lowest BCUT2D eigenvalue weighted by molar-refractivity contribution is 0.408. The Morgan fingerprint density at radius 3 is 2.74 bits per heavy atom. The summed E-state index contributed by atoms with van der Waals surface area (Å²) in [6.45, 7) is 4.07. The van der Waals surface area contributed by atoms with Crippen LogP contribution in [-0.4, -0.2) is 25.5 Å². The first kappa shape index (κ1) is 12.7. The molecule has 0 radical (unpaired) electrons. The molecule has 3 atom stereocenters. The van der Waals surface area contributed by atoms with Crippen LogP contribution in [-0.2, 0) is 4.74 Å². The van der Waals surface area contributed by atoms with Crippen molar-refractivity contribution in [2.75, 3.05) is 18.2 Å². The Balaban J connectivity index is 1.70. The van der Waals surface area contributed by atoms with E-state index >= 15 is 0 Å². The Morgan fingerprint density at radius 1 is 1.32 bits per heavy atom. The minimum Gasteiger partial charge on any atom is -0.371 e. The molecule has 1 saturated carbocycles. The minimum atomic E-state index is 0.360. The molecule has 19 heavy (non-hydrogen) atoms. The summed E-state index contributed by atoms with van der Waals surface area (Å²) in [7, 11) is 0. The first-order valence-electron chi connectivity index (χ1n) is 7.31. The average Bonchev–Trinajstić information content (AvgIpc) is 3.17. The van der Waals surface area contributed by atoms with Crippen molar-refractivity contribution in [1.29, 1.82) is 0 Å². The third kappa shape index (κ3) is 3.35. The van der Waals surface area contributed by atoms with Gasteiger partial charge in [0.15, 0.2) is 0 Å². The summed E-state index contributed by atoms with van der Waals surface area (Å²) in [4.78, 5) is 0. The monoisotopic (exact) mass is 258 g/mol. The number of epoxide rings is 1. The fraction of sp³-hybridized carbons (Fsp3) is 0.562. The summed E-state index contributed by atoms with van der Waals surface area (Å²) in [5, 5.41) is 6.82. The second-order valence-corrected chi connectivity index (χ2v) is 5.71. The minimum absolute atomic E-state index is 0.360. The highest BCUT2D eigenvalue weighted by atomic mass is 16.6. The SMILES string of the molecule is CC1CCCC1/C=N/N(CC1CO1)c1ccccc1. The van der Waals surface area contributed by atoms with E-state index in [0.29, 0.717) is 12.0 Å². The van der Waals surface area contributed by atoms with E-state index in [-0.39, 0.29) is 0 Å². The molecule has 1 heterocycles. The van der Waals surface area contributed by atoms with Crippen molar-refractivity contribution in [2.45, 2.75) is 32.3 Å². The number of hydrazone groups is 1. The normalized spacial score (nSPS) is 29.8. The summed E-state index contributed by atoms with van der Waals surface area (Å²) in [6.07, 6.45) is 6.49. The second kappa shape index (κ2) is 5.74. The molecule has 1 aliphatic carbocycles. The number of nitrogens with zero attached hydrogens (tertiary/aromatic N) is 2. The van der Waals surface area contributed by atoms with Crippen LogP contribution in [0.2, 0.25) is 0 Å². The number of anilines is 1. The van der Waals surface area contributed by atoms with E-state index in [1.807, 2.05) is 6.07 Å². The number of para-hydroxylation sites is 1. The summed E-state index contributed by atoms with van der Waals surface area (Å²) in [5.41, 5.74) is 1.15. The summed E-state index contributed by atoms with van der Waals surface area (Å²) >= 11 is 0. The van der Waals surface area contributed by atoms with Gasteiger partial charge in [-0.25, -0.2) is 0 Å². The van der Waals surface area contributed by atoms with Gasteiger partial charge < -0.3 is 4.74 Å². The molecule has 0 aromatic heterocycles. The number of rotatable bonds is 5. The third-order valence-electron chi connectivity index (χ3n) is 4.16. The van der Waals surface area contributed by atoms with E-state index < -0.39 is 0 Å². The van der Waals surface area contributed by atoms with E-state index in [0.717, 1.165) is 24.8 Å². The van der Waals surface area contributed by atoms with Crippen LogP contribution in [0, 0.1) is 11.8 Å². The molecule has 3 nitrogen and oxygen atoms in total. The Labute approximate surface area is 115 Å². The first-order chi connectivity index (χ1) is 9.33. The maximum Gasteiger partial charge on any atom is 0.101 e. The van der Waals surface area contributed by atoms with Crippen molar-refractivity contribution in [3.63, 3.8) is 0 Å². The second-order valence-electron chi connectivity index (χ2n) is 5.71. The summed E-state index contributed by atoms with van der Waals surface area (Å²) < 4.78 is 5.34. The molecular weight excluding hydrogens is 236 g/mol. The third-order valence-corrected chi connectivity index (χ3v) is 4.16. The van der Waals surface area contributed by atoms with Crippen LogP contribution in [0.3, 0.4) is 0 Å². The van der Waals surface area contributed by atoms with Gasteiger partial charge in [0, 0.05) is 6.21 Å². The highest BCUT2D eigenvalue weighted by Crippen LogP contribution is 2.30. The van der Waals surface area contributed by atoms with E-state index in [9.17, 15) is 0 Å². The zero-order chi connectivity index (χ0) is 13.1. The maximum absolute atomic E-state index is 5.34. The van der Waals surface area contributed by atoms with Crippen molar-refractivity contribution >= 4 is 11.9 Å². The quantitative estimate of drug-likeness (QED) is 0.460. The molecule has 0 bridgehead atoms. The molecule has 3 unspecified atom stereocenters. The van der Waals surface area contributed by atoms with E-state index in [1.54, 1.807) is 0 Å². The summed E-state index contributed by atoms with van der Waals surface area (Å²) in [6, 6.07) is 10.4. The topological polar surface area (TPSA) is 28.1 Å². The Hall–Kier alpha value is -1.35. The molecule has 102 valence electrons. The number of hydrogen-bond acceptors (Lipinski definition) is 3. The zero-order valence-electron chi connectivity index (χ0n) is 11.5. The van der Waals surface area contributed by atoms with Crippen molar-refractivity contribution in [1.82, 2.24) is 0 Å².